The highest BCUT2D eigenvalue weighted by molar-refractivity contribution is 4.65. The molecular weight excluding hydrogens is 163 g/mol. The fourth-order valence-electron chi connectivity index (χ4n) is 0.831. The minimum atomic E-state index is -0.153. The van der Waals surface area contributed by atoms with Crippen LogP contribution < -0.4 is 35.9 Å². The van der Waals surface area contributed by atoms with Gasteiger partial charge in [0.2, 0.25) is 0 Å². The van der Waals surface area contributed by atoms with E-state index < -0.39 is 0 Å². The molecule has 9 heavy (non-hydrogen) atoms. The molecule has 1 fully saturated rings. The number of aliphatic hydroxyl groups is 1. The van der Waals surface area contributed by atoms with Gasteiger partial charge in [-0.05, 0) is 0 Å². The van der Waals surface area contributed by atoms with Gasteiger partial charge in [0.1, 0.15) is 13.1 Å². The van der Waals surface area contributed by atoms with Crippen LogP contribution in [0.15, 0.2) is 0 Å². The number of halogens is 2. The molecule has 2 atom stereocenters. The van der Waals surface area contributed by atoms with E-state index in [-0.39, 0.29) is 37.0 Å². The summed E-state index contributed by atoms with van der Waals surface area (Å²) in [5.41, 5.74) is 3.74. The van der Waals surface area contributed by atoms with Crippen LogP contribution in [0.4, 0.5) is 0 Å². The van der Waals surface area contributed by atoms with Crippen LogP contribution in [0.3, 0.4) is 0 Å². The van der Waals surface area contributed by atoms with Crippen LogP contribution in [-0.2, 0) is 0 Å². The Hall–Kier alpha value is 0.460. The van der Waals surface area contributed by atoms with E-state index in [2.05, 4.69) is 11.1 Å². The molecule has 1 saturated heterocycles. The normalized spacial score (nSPS) is 32.7. The molecule has 1 aliphatic rings. The monoisotopic (exact) mass is 174 g/mol. The molecule has 1 aliphatic heterocycles. The van der Waals surface area contributed by atoms with Crippen molar-refractivity contribution in [1.29, 1.82) is 0 Å². The van der Waals surface area contributed by atoms with Crippen molar-refractivity contribution in [3.8, 4) is 0 Å². The Kier molecular flexibility index (Phi) is 7.11. The third-order valence-corrected chi connectivity index (χ3v) is 1.42. The molecular formula is C4H12Cl2N2O. The fraction of sp³-hybridized carbons (Fsp3) is 1.00. The van der Waals surface area contributed by atoms with E-state index in [1.807, 2.05) is 0 Å². The maximum Gasteiger partial charge on any atom is 0.166 e. The predicted molar refractivity (Wildman–Crippen MR) is 24.3 cm³/mol. The topological polar surface area (TPSA) is 64.5 Å². The number of aliphatic hydroxyl groups excluding tert-OH is 1. The van der Waals surface area contributed by atoms with Gasteiger partial charge in [-0.2, -0.15) is 0 Å². The van der Waals surface area contributed by atoms with Gasteiger partial charge in [0.15, 0.2) is 12.1 Å². The standard InChI is InChI=1S/C4H10N2O.2ClH/c5-3-1-6-2-4(3)7;;/h3-4,6-7H,1-2,5H2;2*1H/t3-,4-;;/m1../s1. The number of hydrogen-bond donors (Lipinski definition) is 3. The molecule has 0 amide bonds. The zero-order valence-corrected chi connectivity index (χ0v) is 6.57. The van der Waals surface area contributed by atoms with Crippen molar-refractivity contribution >= 4 is 0 Å². The SMILES string of the molecule is [Cl-].[Cl-].[NH3+][C@@H]1C[NH2+]C[C@H]1O. The van der Waals surface area contributed by atoms with Crippen LogP contribution in [0, 0.1) is 0 Å². The maximum atomic E-state index is 8.90. The third-order valence-electron chi connectivity index (χ3n) is 1.42. The predicted octanol–water partition coefficient (Wildman–Crippen LogP) is -9.46. The van der Waals surface area contributed by atoms with Crippen molar-refractivity contribution in [3.05, 3.63) is 0 Å². The van der Waals surface area contributed by atoms with Gasteiger partial charge in [0, 0.05) is 0 Å². The van der Waals surface area contributed by atoms with E-state index in [1.165, 1.54) is 0 Å². The molecule has 0 radical (unpaired) electrons. The molecule has 3 nitrogen and oxygen atoms in total. The number of rotatable bonds is 0. The van der Waals surface area contributed by atoms with Crippen molar-refractivity contribution in [3.63, 3.8) is 0 Å². The molecule has 0 aromatic heterocycles. The third kappa shape index (κ3) is 3.23. The summed E-state index contributed by atoms with van der Waals surface area (Å²) in [7, 11) is 0. The lowest BCUT2D eigenvalue weighted by molar-refractivity contribution is -0.649. The summed E-state index contributed by atoms with van der Waals surface area (Å²) in [6.07, 6.45) is -0.153. The Morgan fingerprint density at radius 2 is 1.89 bits per heavy atom. The highest BCUT2D eigenvalue weighted by atomic mass is 35.5. The second-order valence-electron chi connectivity index (χ2n) is 2.09. The molecule has 0 saturated carbocycles. The molecule has 0 aliphatic carbocycles. The molecule has 0 aromatic rings. The van der Waals surface area contributed by atoms with E-state index in [0.29, 0.717) is 0 Å². The van der Waals surface area contributed by atoms with Crippen LogP contribution in [0.25, 0.3) is 0 Å². The summed E-state index contributed by atoms with van der Waals surface area (Å²) in [5.74, 6) is 0. The van der Waals surface area contributed by atoms with Crippen LogP contribution in [0.2, 0.25) is 0 Å². The maximum absolute atomic E-state index is 8.90. The molecule has 0 bridgehead atoms. The van der Waals surface area contributed by atoms with Gasteiger partial charge in [0.05, 0.1) is 0 Å². The molecule has 0 unspecified atom stereocenters. The lowest BCUT2D eigenvalue weighted by atomic mass is 10.2. The molecule has 5 heteroatoms. The van der Waals surface area contributed by atoms with Crippen LogP contribution in [0.1, 0.15) is 0 Å². The van der Waals surface area contributed by atoms with E-state index in [9.17, 15) is 0 Å². The van der Waals surface area contributed by atoms with Crippen LogP contribution in [-0.4, -0.2) is 30.3 Å². The van der Waals surface area contributed by atoms with Crippen LogP contribution >= 0.6 is 0 Å². The van der Waals surface area contributed by atoms with E-state index in [4.69, 9.17) is 5.11 Å². The van der Waals surface area contributed by atoms with Crippen molar-refractivity contribution < 1.29 is 41.0 Å². The van der Waals surface area contributed by atoms with Gasteiger partial charge < -0.3 is 41.0 Å². The van der Waals surface area contributed by atoms with E-state index in [1.54, 1.807) is 0 Å². The highest BCUT2D eigenvalue weighted by Crippen LogP contribution is 1.83. The lowest BCUT2D eigenvalue weighted by Gasteiger charge is -1.95. The van der Waals surface area contributed by atoms with Gasteiger partial charge >= 0.3 is 0 Å². The Morgan fingerprint density at radius 3 is 2.00 bits per heavy atom. The number of hydrogen-bond acceptors (Lipinski definition) is 1. The molecule has 1 heterocycles. The molecule has 1 rings (SSSR count). The van der Waals surface area contributed by atoms with Crippen molar-refractivity contribution in [2.75, 3.05) is 13.1 Å². The summed E-state index contributed by atoms with van der Waals surface area (Å²) < 4.78 is 0. The summed E-state index contributed by atoms with van der Waals surface area (Å²) >= 11 is 0. The van der Waals surface area contributed by atoms with Crippen molar-refractivity contribution in [2.45, 2.75) is 12.1 Å². The minimum absolute atomic E-state index is 0. The zero-order chi connectivity index (χ0) is 5.28. The Morgan fingerprint density at radius 1 is 1.33 bits per heavy atom. The Labute approximate surface area is 66.8 Å². The highest BCUT2D eigenvalue weighted by Gasteiger charge is 2.27. The first-order valence-electron chi connectivity index (χ1n) is 2.63. The van der Waals surface area contributed by atoms with E-state index >= 15 is 0 Å². The quantitative estimate of drug-likeness (QED) is 0.336. The van der Waals surface area contributed by atoms with Gasteiger partial charge in [-0.25, -0.2) is 0 Å². The summed E-state index contributed by atoms with van der Waals surface area (Å²) in [6.45, 7) is 1.83. The average molecular weight is 175 g/mol. The first-order valence-corrected chi connectivity index (χ1v) is 2.63. The van der Waals surface area contributed by atoms with Crippen molar-refractivity contribution in [1.82, 2.24) is 0 Å². The average Bonchev–Trinajstić information content (AvgIpc) is 1.91. The van der Waals surface area contributed by atoms with E-state index in [0.717, 1.165) is 13.1 Å². The number of nitrogens with two attached hydrogens (primary N) is 1. The minimum Gasteiger partial charge on any atom is -1.00 e. The summed E-state index contributed by atoms with van der Waals surface area (Å²) in [5, 5.41) is 11.0. The first kappa shape index (κ1) is 12.2. The lowest BCUT2D eigenvalue weighted by Crippen LogP contribution is -3.00. The molecule has 0 spiro atoms. The molecule has 0 aromatic carbocycles. The van der Waals surface area contributed by atoms with Gasteiger partial charge in [0.25, 0.3) is 0 Å². The molecule has 6 N–H and O–H groups in total. The smallest absolute Gasteiger partial charge is 0.166 e. The van der Waals surface area contributed by atoms with Gasteiger partial charge in [-0.15, -0.1) is 0 Å². The second-order valence-corrected chi connectivity index (χ2v) is 2.09. The van der Waals surface area contributed by atoms with Crippen molar-refractivity contribution in [2.24, 2.45) is 0 Å². The number of quaternary nitrogens is 2. The zero-order valence-electron chi connectivity index (χ0n) is 5.06. The summed E-state index contributed by atoms with van der Waals surface area (Å²) in [6, 6.07) is 0.264. The largest absolute Gasteiger partial charge is 1.00 e. The fourth-order valence-corrected chi connectivity index (χ4v) is 0.831. The van der Waals surface area contributed by atoms with Gasteiger partial charge in [-0.3, -0.25) is 0 Å². The summed E-state index contributed by atoms with van der Waals surface area (Å²) in [4.78, 5) is 0. The van der Waals surface area contributed by atoms with Gasteiger partial charge in [-0.1, -0.05) is 0 Å². The first-order chi connectivity index (χ1) is 3.30. The molecule has 58 valence electrons. The van der Waals surface area contributed by atoms with Crippen LogP contribution in [0.5, 0.6) is 0 Å². The Bertz CT molecular complexity index is 65.6. The second kappa shape index (κ2) is 5.26. The Balaban J connectivity index is 0.